The molecular weight excluding hydrogens is 186 g/mol. The highest BCUT2D eigenvalue weighted by Crippen LogP contribution is 2.28. The number of aliphatic carboxylic acids is 1. The minimum Gasteiger partial charge on any atom is -0.481 e. The number of hydrogen-bond acceptors (Lipinski definition) is 3. The van der Waals surface area contributed by atoms with Crippen LogP contribution in [-0.4, -0.2) is 36.2 Å². The molecule has 1 rings (SSSR count). The van der Waals surface area contributed by atoms with E-state index in [9.17, 15) is 9.59 Å². The predicted molar refractivity (Wildman–Crippen MR) is 48.8 cm³/mol. The zero-order valence-electron chi connectivity index (χ0n) is 8.37. The monoisotopic (exact) mass is 201 g/mol. The van der Waals surface area contributed by atoms with Crippen LogP contribution in [0, 0.1) is 5.41 Å². The molecular formula is C9H15NO4. The van der Waals surface area contributed by atoms with E-state index in [0.29, 0.717) is 6.42 Å². The first-order chi connectivity index (χ1) is 6.50. The first-order valence-corrected chi connectivity index (χ1v) is 4.61. The Hall–Kier alpha value is -1.10. The first-order valence-electron chi connectivity index (χ1n) is 4.61. The van der Waals surface area contributed by atoms with Gasteiger partial charge in [-0.05, 0) is 6.92 Å². The molecule has 0 saturated carbocycles. The number of carbonyl (C=O) groups is 2. The highest BCUT2D eigenvalue weighted by atomic mass is 16.5. The van der Waals surface area contributed by atoms with Gasteiger partial charge in [0.25, 0.3) is 0 Å². The highest BCUT2D eigenvalue weighted by Gasteiger charge is 2.47. The molecule has 1 fully saturated rings. The van der Waals surface area contributed by atoms with Crippen LogP contribution < -0.4 is 5.32 Å². The molecule has 0 aromatic rings. The second-order valence-electron chi connectivity index (χ2n) is 3.71. The zero-order chi connectivity index (χ0) is 10.8. The number of carboxylic acid groups (broad SMARTS) is 1. The molecule has 1 saturated heterocycles. The van der Waals surface area contributed by atoms with Gasteiger partial charge in [-0.3, -0.25) is 9.59 Å². The van der Waals surface area contributed by atoms with E-state index in [-0.39, 0.29) is 19.1 Å². The summed E-state index contributed by atoms with van der Waals surface area (Å²) in [6, 6.07) is -0.424. The van der Waals surface area contributed by atoms with E-state index in [1.165, 1.54) is 0 Å². The average Bonchev–Trinajstić information content (AvgIpc) is 2.49. The van der Waals surface area contributed by atoms with Crippen LogP contribution in [0.5, 0.6) is 0 Å². The molecule has 2 unspecified atom stereocenters. The van der Waals surface area contributed by atoms with Gasteiger partial charge in [-0.1, -0.05) is 6.92 Å². The maximum atomic E-state index is 11.1. The Morgan fingerprint density at radius 2 is 2.29 bits per heavy atom. The second kappa shape index (κ2) is 3.96. The van der Waals surface area contributed by atoms with Gasteiger partial charge in [-0.2, -0.15) is 0 Å². The smallest absolute Gasteiger partial charge is 0.313 e. The fourth-order valence-electron chi connectivity index (χ4n) is 1.38. The van der Waals surface area contributed by atoms with Crippen LogP contribution in [0.2, 0.25) is 0 Å². The Labute approximate surface area is 82.4 Å². The van der Waals surface area contributed by atoms with E-state index in [2.05, 4.69) is 5.32 Å². The van der Waals surface area contributed by atoms with Gasteiger partial charge in [0.2, 0.25) is 5.91 Å². The number of amides is 1. The number of ether oxygens (including phenoxy) is 1. The minimum absolute atomic E-state index is 0.145. The van der Waals surface area contributed by atoms with Crippen LogP contribution in [0.1, 0.15) is 20.3 Å². The zero-order valence-corrected chi connectivity index (χ0v) is 8.37. The summed E-state index contributed by atoms with van der Waals surface area (Å²) in [6.07, 6.45) is 0.353. The molecule has 0 aliphatic carbocycles. The van der Waals surface area contributed by atoms with Crippen molar-refractivity contribution in [1.82, 2.24) is 5.32 Å². The van der Waals surface area contributed by atoms with E-state index in [0.717, 1.165) is 0 Å². The van der Waals surface area contributed by atoms with Crippen molar-refractivity contribution in [3.8, 4) is 0 Å². The van der Waals surface area contributed by atoms with Crippen molar-refractivity contribution < 1.29 is 19.4 Å². The number of carboxylic acids is 1. The van der Waals surface area contributed by atoms with Gasteiger partial charge < -0.3 is 15.2 Å². The summed E-state index contributed by atoms with van der Waals surface area (Å²) >= 11 is 0. The molecule has 0 aromatic carbocycles. The van der Waals surface area contributed by atoms with Gasteiger partial charge in [0.05, 0.1) is 19.3 Å². The van der Waals surface area contributed by atoms with Gasteiger partial charge in [-0.25, -0.2) is 0 Å². The van der Waals surface area contributed by atoms with Crippen LogP contribution in [0.4, 0.5) is 0 Å². The fraction of sp³-hybridized carbons (Fsp3) is 0.778. The van der Waals surface area contributed by atoms with Gasteiger partial charge in [0, 0.05) is 6.42 Å². The van der Waals surface area contributed by atoms with Crippen molar-refractivity contribution in [2.45, 2.75) is 26.3 Å². The predicted octanol–water partition coefficient (Wildman–Crippen LogP) is 0.00230. The van der Waals surface area contributed by atoms with Crippen LogP contribution in [0.3, 0.4) is 0 Å². The Balaban J connectivity index is 2.68. The van der Waals surface area contributed by atoms with Gasteiger partial charge in [0.15, 0.2) is 0 Å². The maximum absolute atomic E-state index is 11.1. The molecule has 0 spiro atoms. The van der Waals surface area contributed by atoms with Crippen molar-refractivity contribution >= 4 is 11.9 Å². The normalized spacial score (nSPS) is 31.4. The van der Waals surface area contributed by atoms with E-state index >= 15 is 0 Å². The van der Waals surface area contributed by atoms with Crippen molar-refractivity contribution in [3.63, 3.8) is 0 Å². The minimum atomic E-state index is -0.995. The molecule has 5 heteroatoms. The van der Waals surface area contributed by atoms with Gasteiger partial charge in [-0.15, -0.1) is 0 Å². The fourth-order valence-corrected chi connectivity index (χ4v) is 1.38. The third kappa shape index (κ3) is 1.87. The molecule has 1 amide bonds. The van der Waals surface area contributed by atoms with Crippen LogP contribution in [-0.2, 0) is 14.3 Å². The summed E-state index contributed by atoms with van der Waals surface area (Å²) < 4.78 is 5.08. The van der Waals surface area contributed by atoms with Crippen molar-refractivity contribution in [1.29, 1.82) is 0 Å². The van der Waals surface area contributed by atoms with Crippen molar-refractivity contribution in [2.75, 3.05) is 13.2 Å². The van der Waals surface area contributed by atoms with Crippen LogP contribution in [0.15, 0.2) is 0 Å². The third-order valence-corrected chi connectivity index (χ3v) is 2.60. The van der Waals surface area contributed by atoms with Crippen LogP contribution in [0.25, 0.3) is 0 Å². The summed E-state index contributed by atoms with van der Waals surface area (Å²) in [6.45, 7) is 3.73. The molecule has 0 aromatic heterocycles. The molecule has 0 bridgehead atoms. The number of hydrogen-bond donors (Lipinski definition) is 2. The Morgan fingerprint density at radius 3 is 2.79 bits per heavy atom. The number of nitrogens with one attached hydrogen (secondary N) is 1. The number of rotatable bonds is 3. The largest absolute Gasteiger partial charge is 0.481 e. The lowest BCUT2D eigenvalue weighted by Gasteiger charge is -2.25. The number of carbonyl (C=O) groups excluding carboxylic acids is 1. The topological polar surface area (TPSA) is 75.6 Å². The maximum Gasteiger partial charge on any atom is 0.313 e. The van der Waals surface area contributed by atoms with E-state index in [1.807, 2.05) is 0 Å². The molecule has 14 heavy (non-hydrogen) atoms. The summed E-state index contributed by atoms with van der Waals surface area (Å²) in [5.74, 6) is -1.08. The molecule has 2 N–H and O–H groups in total. The van der Waals surface area contributed by atoms with Gasteiger partial charge >= 0.3 is 5.97 Å². The third-order valence-electron chi connectivity index (χ3n) is 2.60. The van der Waals surface area contributed by atoms with Crippen molar-refractivity contribution in [2.24, 2.45) is 5.41 Å². The lowest BCUT2D eigenvalue weighted by atomic mass is 9.85. The first kappa shape index (κ1) is 11.0. The van der Waals surface area contributed by atoms with Gasteiger partial charge in [0.1, 0.15) is 5.41 Å². The van der Waals surface area contributed by atoms with E-state index < -0.39 is 17.4 Å². The molecule has 1 heterocycles. The molecule has 5 nitrogen and oxygen atoms in total. The van der Waals surface area contributed by atoms with Crippen molar-refractivity contribution in [3.05, 3.63) is 0 Å². The highest BCUT2D eigenvalue weighted by molar-refractivity contribution is 5.80. The summed E-state index contributed by atoms with van der Waals surface area (Å²) in [7, 11) is 0. The van der Waals surface area contributed by atoms with E-state index in [4.69, 9.17) is 9.84 Å². The summed E-state index contributed by atoms with van der Waals surface area (Å²) in [5, 5.41) is 11.7. The SMILES string of the molecule is CCC(=O)NC1COCC1(C)C(=O)O. The molecule has 1 aliphatic rings. The van der Waals surface area contributed by atoms with Crippen LogP contribution >= 0.6 is 0 Å². The molecule has 0 radical (unpaired) electrons. The Bertz CT molecular complexity index is 253. The molecule has 2 atom stereocenters. The Morgan fingerprint density at radius 1 is 1.64 bits per heavy atom. The lowest BCUT2D eigenvalue weighted by Crippen LogP contribution is -2.49. The summed E-state index contributed by atoms with van der Waals surface area (Å²) in [4.78, 5) is 22.1. The summed E-state index contributed by atoms with van der Waals surface area (Å²) in [5.41, 5.74) is -0.995. The second-order valence-corrected chi connectivity index (χ2v) is 3.71. The Kier molecular flexibility index (Phi) is 3.10. The molecule has 1 aliphatic heterocycles. The van der Waals surface area contributed by atoms with E-state index in [1.54, 1.807) is 13.8 Å². The standard InChI is InChI=1S/C9H15NO4/c1-3-7(11)10-6-4-14-5-9(6,2)8(12)13/h6H,3-5H2,1-2H3,(H,10,11)(H,12,13). The lowest BCUT2D eigenvalue weighted by molar-refractivity contribution is -0.149. The molecule has 80 valence electrons. The quantitative estimate of drug-likeness (QED) is 0.674. The average molecular weight is 201 g/mol.